The molecule has 0 N–H and O–H groups in total. The molecule has 1 aromatic carbocycles. The Labute approximate surface area is 163 Å². The summed E-state index contributed by atoms with van der Waals surface area (Å²) in [4.78, 5) is 37.6. The predicted molar refractivity (Wildman–Crippen MR) is 102 cm³/mol. The Morgan fingerprint density at radius 2 is 1.82 bits per heavy atom. The van der Waals surface area contributed by atoms with Crippen molar-refractivity contribution in [3.8, 4) is 0 Å². The van der Waals surface area contributed by atoms with Crippen molar-refractivity contribution in [1.82, 2.24) is 19.6 Å². The van der Waals surface area contributed by atoms with Crippen LogP contribution in [0.3, 0.4) is 0 Å². The van der Waals surface area contributed by atoms with E-state index in [-0.39, 0.29) is 12.5 Å². The number of hydrogen-bond donors (Lipinski definition) is 0. The quantitative estimate of drug-likeness (QED) is 0.799. The molecule has 8 heteroatoms. The van der Waals surface area contributed by atoms with Crippen molar-refractivity contribution in [2.45, 2.75) is 45.9 Å². The molecule has 0 aliphatic carbocycles. The second-order valence-corrected chi connectivity index (χ2v) is 7.39. The van der Waals surface area contributed by atoms with E-state index in [9.17, 15) is 14.0 Å². The van der Waals surface area contributed by atoms with E-state index in [1.807, 2.05) is 18.7 Å². The highest BCUT2D eigenvalue weighted by atomic mass is 19.1. The number of halogens is 1. The van der Waals surface area contributed by atoms with E-state index in [0.29, 0.717) is 11.5 Å². The van der Waals surface area contributed by atoms with Crippen LogP contribution in [0.1, 0.15) is 32.8 Å². The summed E-state index contributed by atoms with van der Waals surface area (Å²) in [5.74, 6) is -0.0633. The number of hydrogen-bond acceptors (Lipinski definition) is 5. The topological polar surface area (TPSA) is 59.5 Å². The first-order valence-corrected chi connectivity index (χ1v) is 9.50. The number of carbonyl (C=O) groups excluding carboxylic acids is 2. The standard InChI is InChI=1S/C20H24FN5O2/c1-5-10-24-12(2)13(3)26-16-17(22-19(24)26)23(4)20(28)25(18(16)27)11-14-8-6-7-9-15(14)21/h6-9,16-17H,5,10-11H2,1-4H3. The van der Waals surface area contributed by atoms with E-state index in [4.69, 9.17) is 4.99 Å². The van der Waals surface area contributed by atoms with Crippen LogP contribution in [0.25, 0.3) is 0 Å². The molecule has 4 rings (SSSR count). The third-order valence-electron chi connectivity index (χ3n) is 5.74. The van der Waals surface area contributed by atoms with Crippen molar-refractivity contribution < 1.29 is 14.0 Å². The highest BCUT2D eigenvalue weighted by molar-refractivity contribution is 6.05. The lowest BCUT2D eigenvalue weighted by Gasteiger charge is -2.40. The summed E-state index contributed by atoms with van der Waals surface area (Å²) in [7, 11) is 1.64. The van der Waals surface area contributed by atoms with Gasteiger partial charge >= 0.3 is 6.03 Å². The summed E-state index contributed by atoms with van der Waals surface area (Å²) in [5, 5.41) is 0. The SMILES string of the molecule is CCCN1C2=NC3C(C(=O)N(Cc4ccccc4F)C(=O)N3C)N2C(C)=C1C. The van der Waals surface area contributed by atoms with Crippen LogP contribution in [-0.4, -0.2) is 63.3 Å². The summed E-state index contributed by atoms with van der Waals surface area (Å²) < 4.78 is 14.1. The van der Waals surface area contributed by atoms with Crippen molar-refractivity contribution in [3.63, 3.8) is 0 Å². The molecule has 1 fully saturated rings. The number of benzene rings is 1. The predicted octanol–water partition coefficient (Wildman–Crippen LogP) is 2.56. The van der Waals surface area contributed by atoms with Gasteiger partial charge in [0.05, 0.1) is 6.54 Å². The van der Waals surface area contributed by atoms with Crippen LogP contribution in [0, 0.1) is 5.82 Å². The van der Waals surface area contributed by atoms with Crippen LogP contribution in [0.5, 0.6) is 0 Å². The average molecular weight is 385 g/mol. The molecule has 148 valence electrons. The normalized spacial score (nSPS) is 24.2. The van der Waals surface area contributed by atoms with Gasteiger partial charge in [0.25, 0.3) is 5.91 Å². The molecule has 0 spiro atoms. The van der Waals surface area contributed by atoms with E-state index in [2.05, 4.69) is 11.8 Å². The molecule has 3 aliphatic heterocycles. The van der Waals surface area contributed by atoms with Gasteiger partial charge in [-0.2, -0.15) is 0 Å². The summed E-state index contributed by atoms with van der Waals surface area (Å²) in [6.45, 7) is 6.77. The Balaban J connectivity index is 1.69. The van der Waals surface area contributed by atoms with Crippen molar-refractivity contribution >= 4 is 17.9 Å². The second-order valence-electron chi connectivity index (χ2n) is 7.39. The zero-order valence-electron chi connectivity index (χ0n) is 16.5. The van der Waals surface area contributed by atoms with Gasteiger partial charge in [-0.15, -0.1) is 0 Å². The average Bonchev–Trinajstić information content (AvgIpc) is 3.17. The molecular weight excluding hydrogens is 361 g/mol. The molecule has 0 radical (unpaired) electrons. The monoisotopic (exact) mass is 385 g/mol. The maximum atomic E-state index is 14.1. The Morgan fingerprint density at radius 3 is 2.50 bits per heavy atom. The minimum absolute atomic E-state index is 0.0957. The first-order valence-electron chi connectivity index (χ1n) is 9.50. The van der Waals surface area contributed by atoms with Crippen LogP contribution in [0.2, 0.25) is 0 Å². The molecule has 3 heterocycles. The Hall–Kier alpha value is -2.90. The van der Waals surface area contributed by atoms with E-state index >= 15 is 0 Å². The zero-order valence-corrected chi connectivity index (χ0v) is 16.5. The highest BCUT2D eigenvalue weighted by Gasteiger charge is 2.55. The number of likely N-dealkylation sites (N-methyl/N-ethyl adjacent to an activating group) is 1. The van der Waals surface area contributed by atoms with Crippen LogP contribution in [-0.2, 0) is 11.3 Å². The maximum absolute atomic E-state index is 14.1. The van der Waals surface area contributed by atoms with E-state index in [1.165, 1.54) is 11.0 Å². The van der Waals surface area contributed by atoms with E-state index in [0.717, 1.165) is 29.3 Å². The molecular formula is C20H24FN5O2. The van der Waals surface area contributed by atoms with Gasteiger partial charge in [-0.1, -0.05) is 25.1 Å². The lowest BCUT2D eigenvalue weighted by atomic mass is 10.1. The number of allylic oxidation sites excluding steroid dienone is 2. The largest absolute Gasteiger partial charge is 0.328 e. The number of urea groups is 1. The Bertz CT molecular complexity index is 912. The molecule has 2 atom stereocenters. The molecule has 1 saturated heterocycles. The van der Waals surface area contributed by atoms with Gasteiger partial charge in [-0.25, -0.2) is 14.2 Å². The molecule has 0 aromatic heterocycles. The number of nitrogens with zero attached hydrogens (tertiary/aromatic N) is 5. The first-order chi connectivity index (χ1) is 13.4. The lowest BCUT2D eigenvalue weighted by Crippen LogP contribution is -2.64. The molecule has 1 aromatic rings. The van der Waals surface area contributed by atoms with Gasteiger partial charge in [0, 0.05) is 30.5 Å². The molecule has 2 unspecified atom stereocenters. The number of guanidine groups is 1. The van der Waals surface area contributed by atoms with Gasteiger partial charge in [0.15, 0.2) is 12.2 Å². The number of carbonyl (C=O) groups is 2. The maximum Gasteiger partial charge on any atom is 0.328 e. The summed E-state index contributed by atoms with van der Waals surface area (Å²) in [5.41, 5.74) is 2.33. The number of fused-ring (bicyclic) bond motifs is 3. The van der Waals surface area contributed by atoms with Crippen LogP contribution in [0.15, 0.2) is 40.7 Å². The number of imide groups is 1. The minimum atomic E-state index is -0.624. The van der Waals surface area contributed by atoms with Gasteiger partial charge in [-0.3, -0.25) is 14.6 Å². The van der Waals surface area contributed by atoms with Gasteiger partial charge < -0.3 is 9.80 Å². The number of amides is 3. The number of rotatable bonds is 4. The molecule has 0 saturated carbocycles. The minimum Gasteiger partial charge on any atom is -0.315 e. The molecule has 3 aliphatic rings. The number of aliphatic imine (C=N–C) groups is 1. The van der Waals surface area contributed by atoms with Gasteiger partial charge in [0.2, 0.25) is 5.96 Å². The Kier molecular flexibility index (Phi) is 4.36. The third kappa shape index (κ3) is 2.51. The molecule has 3 amide bonds. The van der Waals surface area contributed by atoms with Crippen LogP contribution < -0.4 is 0 Å². The fourth-order valence-electron chi connectivity index (χ4n) is 4.11. The van der Waals surface area contributed by atoms with Gasteiger partial charge in [-0.05, 0) is 26.3 Å². The smallest absolute Gasteiger partial charge is 0.315 e. The summed E-state index contributed by atoms with van der Waals surface area (Å²) in [6, 6.07) is 5.12. The highest BCUT2D eigenvalue weighted by Crippen LogP contribution is 2.38. The lowest BCUT2D eigenvalue weighted by molar-refractivity contribution is -0.137. The zero-order chi connectivity index (χ0) is 20.2. The fourth-order valence-corrected chi connectivity index (χ4v) is 4.11. The summed E-state index contributed by atoms with van der Waals surface area (Å²) in [6.07, 6.45) is 0.365. The third-order valence-corrected chi connectivity index (χ3v) is 5.74. The van der Waals surface area contributed by atoms with E-state index < -0.39 is 24.1 Å². The van der Waals surface area contributed by atoms with Crippen molar-refractivity contribution in [2.75, 3.05) is 13.6 Å². The van der Waals surface area contributed by atoms with Crippen LogP contribution in [0.4, 0.5) is 9.18 Å². The van der Waals surface area contributed by atoms with E-state index in [1.54, 1.807) is 25.2 Å². The van der Waals surface area contributed by atoms with Crippen molar-refractivity contribution in [2.24, 2.45) is 4.99 Å². The Morgan fingerprint density at radius 1 is 1.11 bits per heavy atom. The van der Waals surface area contributed by atoms with Crippen molar-refractivity contribution in [3.05, 3.63) is 47.0 Å². The van der Waals surface area contributed by atoms with Crippen LogP contribution >= 0.6 is 0 Å². The van der Waals surface area contributed by atoms with Gasteiger partial charge in [0.1, 0.15) is 5.82 Å². The summed E-state index contributed by atoms with van der Waals surface area (Å²) >= 11 is 0. The molecule has 28 heavy (non-hydrogen) atoms. The molecule has 0 bridgehead atoms. The first kappa shape index (κ1) is 18.5. The second kappa shape index (κ2) is 6.61. The molecule has 7 nitrogen and oxygen atoms in total. The van der Waals surface area contributed by atoms with Crippen molar-refractivity contribution in [1.29, 1.82) is 0 Å². The fraction of sp³-hybridized carbons (Fsp3) is 0.450.